The minimum atomic E-state index is -0.784. The van der Waals surface area contributed by atoms with Gasteiger partial charge in [0.2, 0.25) is 5.91 Å². The van der Waals surface area contributed by atoms with Crippen LogP contribution in [0.1, 0.15) is 4.88 Å². The third-order valence-electron chi connectivity index (χ3n) is 3.16. The maximum Gasteiger partial charge on any atom is 0.249 e. The highest BCUT2D eigenvalue weighted by molar-refractivity contribution is 7.09. The Bertz CT molecular complexity index is 790. The fourth-order valence-corrected chi connectivity index (χ4v) is 2.80. The van der Waals surface area contributed by atoms with Crippen LogP contribution in [-0.4, -0.2) is 20.9 Å². The van der Waals surface area contributed by atoms with E-state index in [2.05, 4.69) is 10.3 Å². The number of rotatable bonds is 5. The molecule has 118 valence electrons. The van der Waals surface area contributed by atoms with Crippen molar-refractivity contribution in [3.8, 4) is 0 Å². The minimum absolute atomic E-state index is 0.0323. The first kappa shape index (κ1) is 15.3. The molecular weight excluding hydrogens is 322 g/mol. The second-order valence-electron chi connectivity index (χ2n) is 4.76. The Labute approximate surface area is 134 Å². The average molecular weight is 334 g/mol. The Morgan fingerprint density at radius 3 is 2.83 bits per heavy atom. The molecular formula is C15H12F2N4OS. The van der Waals surface area contributed by atoms with Gasteiger partial charge < -0.3 is 4.90 Å². The summed E-state index contributed by atoms with van der Waals surface area (Å²) in [6, 6.07) is 6.85. The van der Waals surface area contributed by atoms with Crippen molar-refractivity contribution in [2.24, 2.45) is 0 Å². The van der Waals surface area contributed by atoms with E-state index in [9.17, 15) is 13.6 Å². The number of carbonyl (C=O) groups is 1. The maximum atomic E-state index is 14.1. The van der Waals surface area contributed by atoms with Crippen LogP contribution in [0.4, 0.5) is 14.5 Å². The number of halogens is 2. The zero-order chi connectivity index (χ0) is 16.2. The summed E-state index contributed by atoms with van der Waals surface area (Å²) in [5.74, 6) is -1.84. The van der Waals surface area contributed by atoms with Crippen molar-refractivity contribution in [3.05, 3.63) is 64.6 Å². The number of hydrogen-bond donors (Lipinski definition) is 0. The van der Waals surface area contributed by atoms with Crippen LogP contribution in [0, 0.1) is 11.6 Å². The predicted molar refractivity (Wildman–Crippen MR) is 81.9 cm³/mol. The second kappa shape index (κ2) is 6.66. The largest absolute Gasteiger partial charge is 0.303 e. The summed E-state index contributed by atoms with van der Waals surface area (Å²) in [5, 5.41) is 9.24. The van der Waals surface area contributed by atoms with E-state index >= 15 is 0 Å². The van der Waals surface area contributed by atoms with Crippen LogP contribution in [-0.2, 0) is 17.9 Å². The lowest BCUT2D eigenvalue weighted by molar-refractivity contribution is -0.119. The molecule has 0 bridgehead atoms. The second-order valence-corrected chi connectivity index (χ2v) is 5.79. The molecule has 3 rings (SSSR count). The van der Waals surface area contributed by atoms with Gasteiger partial charge in [0.1, 0.15) is 18.2 Å². The van der Waals surface area contributed by atoms with Crippen LogP contribution in [0.2, 0.25) is 0 Å². The Hall–Kier alpha value is -2.61. The van der Waals surface area contributed by atoms with Crippen LogP contribution >= 0.6 is 11.3 Å². The first-order chi connectivity index (χ1) is 11.1. The molecule has 1 amide bonds. The van der Waals surface area contributed by atoms with Gasteiger partial charge in [-0.1, -0.05) is 11.3 Å². The highest BCUT2D eigenvalue weighted by atomic mass is 32.1. The van der Waals surface area contributed by atoms with Crippen molar-refractivity contribution < 1.29 is 13.6 Å². The van der Waals surface area contributed by atoms with Crippen molar-refractivity contribution in [1.82, 2.24) is 15.0 Å². The molecule has 0 aliphatic heterocycles. The molecule has 2 aromatic heterocycles. The highest BCUT2D eigenvalue weighted by Crippen LogP contribution is 2.24. The highest BCUT2D eigenvalue weighted by Gasteiger charge is 2.21. The molecule has 0 spiro atoms. The fraction of sp³-hybridized carbons (Fsp3) is 0.133. The van der Waals surface area contributed by atoms with Gasteiger partial charge in [-0.15, -0.1) is 16.4 Å². The molecule has 3 aromatic rings. The number of hydrogen-bond acceptors (Lipinski definition) is 4. The summed E-state index contributed by atoms with van der Waals surface area (Å²) in [5.41, 5.74) is 0.0323. The fourth-order valence-electron chi connectivity index (χ4n) is 2.11. The molecule has 0 atom stereocenters. The van der Waals surface area contributed by atoms with Gasteiger partial charge in [-0.2, -0.15) is 0 Å². The number of thiophene rings is 1. The van der Waals surface area contributed by atoms with Gasteiger partial charge in [0.05, 0.1) is 18.4 Å². The number of nitrogens with zero attached hydrogens (tertiary/aromatic N) is 4. The molecule has 0 aliphatic rings. The normalized spacial score (nSPS) is 10.7. The zero-order valence-corrected chi connectivity index (χ0v) is 12.7. The number of aromatic nitrogens is 3. The van der Waals surface area contributed by atoms with Crippen molar-refractivity contribution in [2.75, 3.05) is 4.90 Å². The summed E-state index contributed by atoms with van der Waals surface area (Å²) in [6.45, 7) is 0.121. The van der Waals surface area contributed by atoms with E-state index < -0.39 is 11.6 Å². The number of carbonyl (C=O) groups excluding carboxylic acids is 1. The Kier molecular flexibility index (Phi) is 4.42. The van der Waals surface area contributed by atoms with Crippen LogP contribution < -0.4 is 4.90 Å². The molecule has 0 radical (unpaired) electrons. The molecule has 2 heterocycles. The molecule has 1 aromatic carbocycles. The SMILES string of the molecule is O=C(Cn1ccnn1)N(Cc1cccs1)c1ccc(F)cc1F. The standard InChI is InChI=1S/C15H12F2N4OS/c16-11-3-4-14(13(17)8-11)21(9-12-2-1-7-23-12)15(22)10-20-6-5-18-19-20/h1-8H,9-10H2. The first-order valence-corrected chi connectivity index (χ1v) is 7.63. The molecule has 0 saturated heterocycles. The van der Waals surface area contributed by atoms with E-state index in [1.54, 1.807) is 6.20 Å². The van der Waals surface area contributed by atoms with Crippen molar-refractivity contribution in [1.29, 1.82) is 0 Å². The summed E-state index contributed by atoms with van der Waals surface area (Å²) >= 11 is 1.46. The van der Waals surface area contributed by atoms with E-state index in [1.807, 2.05) is 17.5 Å². The van der Waals surface area contributed by atoms with Gasteiger partial charge in [0, 0.05) is 17.1 Å². The monoisotopic (exact) mass is 334 g/mol. The van der Waals surface area contributed by atoms with Crippen LogP contribution in [0.5, 0.6) is 0 Å². The molecule has 0 N–H and O–H groups in total. The van der Waals surface area contributed by atoms with E-state index in [-0.39, 0.29) is 24.7 Å². The zero-order valence-electron chi connectivity index (χ0n) is 11.9. The lowest BCUT2D eigenvalue weighted by atomic mass is 10.2. The topological polar surface area (TPSA) is 51.0 Å². The summed E-state index contributed by atoms with van der Waals surface area (Å²) in [6.07, 6.45) is 3.00. The van der Waals surface area contributed by atoms with E-state index in [1.165, 1.54) is 33.2 Å². The van der Waals surface area contributed by atoms with Gasteiger partial charge in [-0.25, -0.2) is 13.5 Å². The predicted octanol–water partition coefficient (Wildman–Crippen LogP) is 2.85. The van der Waals surface area contributed by atoms with Gasteiger partial charge in [-0.3, -0.25) is 4.79 Å². The van der Waals surface area contributed by atoms with Crippen LogP contribution in [0.3, 0.4) is 0 Å². The summed E-state index contributed by atoms with van der Waals surface area (Å²) in [4.78, 5) is 14.7. The molecule has 0 fully saturated rings. The molecule has 0 saturated carbocycles. The number of amides is 1. The van der Waals surface area contributed by atoms with Crippen molar-refractivity contribution in [3.63, 3.8) is 0 Å². The third-order valence-corrected chi connectivity index (χ3v) is 4.03. The summed E-state index contributed by atoms with van der Waals surface area (Å²) in [7, 11) is 0. The van der Waals surface area contributed by atoms with Crippen molar-refractivity contribution in [2.45, 2.75) is 13.1 Å². The maximum absolute atomic E-state index is 14.1. The molecule has 8 heteroatoms. The van der Waals surface area contributed by atoms with E-state index in [0.29, 0.717) is 0 Å². The summed E-state index contributed by atoms with van der Waals surface area (Å²) < 4.78 is 28.6. The number of anilines is 1. The lowest BCUT2D eigenvalue weighted by Gasteiger charge is -2.22. The van der Waals surface area contributed by atoms with Crippen LogP contribution in [0.25, 0.3) is 0 Å². The molecule has 0 aliphatic carbocycles. The van der Waals surface area contributed by atoms with E-state index in [4.69, 9.17) is 0 Å². The third kappa shape index (κ3) is 3.59. The van der Waals surface area contributed by atoms with Crippen LogP contribution in [0.15, 0.2) is 48.1 Å². The smallest absolute Gasteiger partial charge is 0.249 e. The van der Waals surface area contributed by atoms with Gasteiger partial charge >= 0.3 is 0 Å². The van der Waals surface area contributed by atoms with Gasteiger partial charge in [0.15, 0.2) is 0 Å². The number of benzene rings is 1. The lowest BCUT2D eigenvalue weighted by Crippen LogP contribution is -2.34. The quantitative estimate of drug-likeness (QED) is 0.721. The molecule has 5 nitrogen and oxygen atoms in total. The van der Waals surface area contributed by atoms with Gasteiger partial charge in [0.25, 0.3) is 0 Å². The minimum Gasteiger partial charge on any atom is -0.303 e. The average Bonchev–Trinajstić information content (AvgIpc) is 3.18. The van der Waals surface area contributed by atoms with Gasteiger partial charge in [-0.05, 0) is 23.6 Å². The molecule has 0 unspecified atom stereocenters. The van der Waals surface area contributed by atoms with Crippen molar-refractivity contribution >= 4 is 22.9 Å². The Morgan fingerprint density at radius 1 is 1.30 bits per heavy atom. The Morgan fingerprint density at radius 2 is 2.17 bits per heavy atom. The van der Waals surface area contributed by atoms with E-state index in [0.717, 1.165) is 17.0 Å². The Balaban J connectivity index is 1.90. The molecule has 23 heavy (non-hydrogen) atoms. The first-order valence-electron chi connectivity index (χ1n) is 6.75.